The molecule has 0 heterocycles. The van der Waals surface area contributed by atoms with Gasteiger partial charge in [-0.15, -0.1) is 0 Å². The Morgan fingerprint density at radius 1 is 1.30 bits per heavy atom. The number of hydrogen-bond donors (Lipinski definition) is 3. The van der Waals surface area contributed by atoms with Crippen molar-refractivity contribution in [1.82, 2.24) is 10.6 Å². The van der Waals surface area contributed by atoms with Crippen LogP contribution < -0.4 is 10.6 Å². The number of hydrogen-bond acceptors (Lipinski definition) is 3. The molecule has 0 radical (unpaired) electrons. The van der Waals surface area contributed by atoms with Gasteiger partial charge in [-0.25, -0.2) is 0 Å². The number of rotatable bonds is 7. The largest absolute Gasteiger partial charge is 0.481 e. The van der Waals surface area contributed by atoms with Crippen molar-refractivity contribution in [3.05, 3.63) is 35.8 Å². The highest BCUT2D eigenvalue weighted by Crippen LogP contribution is 1.98. The van der Waals surface area contributed by atoms with Gasteiger partial charge in [0.25, 0.3) is 0 Å². The first-order valence-electron chi connectivity index (χ1n) is 9.95. The molecule has 1 atom stereocenters. The van der Waals surface area contributed by atoms with Crippen molar-refractivity contribution < 1.29 is 31.8 Å². The molecule has 0 bridgehead atoms. The van der Waals surface area contributed by atoms with Crippen LogP contribution in [0.25, 0.3) is 0 Å². The molecule has 1 aromatic carbocycles. The van der Waals surface area contributed by atoms with Gasteiger partial charge in [-0.1, -0.05) is 30.2 Å². The molecule has 20 heavy (non-hydrogen) atoms. The number of carbonyl (C=O) groups excluding carboxylic acids is 2. The zero-order chi connectivity index (χ0) is 22.9. The van der Waals surface area contributed by atoms with Crippen molar-refractivity contribution in [2.45, 2.75) is 32.3 Å². The van der Waals surface area contributed by atoms with Gasteiger partial charge in [0.2, 0.25) is 11.8 Å². The van der Waals surface area contributed by atoms with Crippen molar-refractivity contribution in [1.29, 1.82) is 0 Å². The summed E-state index contributed by atoms with van der Waals surface area (Å²) in [6.45, 7) is 0.624. The van der Waals surface area contributed by atoms with Gasteiger partial charge in [-0.05, 0) is 12.5 Å². The van der Waals surface area contributed by atoms with Crippen molar-refractivity contribution >= 4 is 17.8 Å². The molecule has 6 nitrogen and oxygen atoms in total. The van der Waals surface area contributed by atoms with E-state index < -0.39 is 73.3 Å². The number of carbonyl (C=O) groups is 3. The standard InChI is InChI=1S/C14H18N2O4/c1-10(16-12(17)7-8-13(18)19)14(20)15-9-11-5-3-2-4-6-11/h2-6,10H,7-9H2,1H3,(H,15,20)(H,16,17)(H,18,19)/t10-/m0/s1/i2D,3D,4D,5D,6D,7D2,8D2. The molecule has 108 valence electrons. The van der Waals surface area contributed by atoms with Gasteiger partial charge in [0.15, 0.2) is 0 Å². The van der Waals surface area contributed by atoms with Gasteiger partial charge in [0.05, 0.1) is 13.2 Å². The van der Waals surface area contributed by atoms with Crippen LogP contribution in [0, 0.1) is 0 Å². The summed E-state index contributed by atoms with van der Waals surface area (Å²) in [6.07, 6.45) is -7.04. The Morgan fingerprint density at radius 3 is 2.55 bits per heavy atom. The fourth-order valence-corrected chi connectivity index (χ4v) is 1.10. The quantitative estimate of drug-likeness (QED) is 0.687. The monoisotopic (exact) mass is 287 g/mol. The van der Waals surface area contributed by atoms with Crippen LogP contribution in [0.1, 0.15) is 37.6 Å². The Bertz CT molecular complexity index is 831. The minimum Gasteiger partial charge on any atom is -0.481 e. The van der Waals surface area contributed by atoms with E-state index in [1.807, 2.05) is 5.32 Å². The molecule has 6 heteroatoms. The summed E-state index contributed by atoms with van der Waals surface area (Å²) in [5.41, 5.74) is -0.208. The molecule has 0 spiro atoms. The van der Waals surface area contributed by atoms with Gasteiger partial charge in [-0.2, -0.15) is 0 Å². The number of benzene rings is 1. The van der Waals surface area contributed by atoms with Crippen molar-refractivity contribution in [2.24, 2.45) is 0 Å². The maximum atomic E-state index is 12.1. The summed E-state index contributed by atoms with van der Waals surface area (Å²) in [7, 11) is 0. The van der Waals surface area contributed by atoms with Crippen molar-refractivity contribution in [2.75, 3.05) is 0 Å². The second-order valence-corrected chi connectivity index (χ2v) is 3.57. The lowest BCUT2D eigenvalue weighted by molar-refractivity contribution is -0.139. The van der Waals surface area contributed by atoms with E-state index in [9.17, 15) is 14.4 Å². The topological polar surface area (TPSA) is 95.5 Å². The van der Waals surface area contributed by atoms with Gasteiger partial charge in [0, 0.05) is 18.4 Å². The number of carboxylic acids is 1. The summed E-state index contributed by atoms with van der Waals surface area (Å²) in [4.78, 5) is 34.9. The van der Waals surface area contributed by atoms with E-state index in [-0.39, 0.29) is 5.56 Å². The molecular formula is C14H18N2O4. The van der Waals surface area contributed by atoms with E-state index in [4.69, 9.17) is 17.4 Å². The van der Waals surface area contributed by atoms with Crippen LogP contribution in [0.5, 0.6) is 0 Å². The maximum Gasteiger partial charge on any atom is 0.303 e. The Hall–Kier alpha value is -2.37. The molecule has 1 aromatic rings. The predicted octanol–water partition coefficient (Wildman–Crippen LogP) is 0.672. The van der Waals surface area contributed by atoms with Crippen molar-refractivity contribution in [3.8, 4) is 0 Å². The third kappa shape index (κ3) is 5.99. The highest BCUT2D eigenvalue weighted by molar-refractivity contribution is 5.88. The highest BCUT2D eigenvalue weighted by Gasteiger charge is 2.15. The van der Waals surface area contributed by atoms with E-state index in [0.717, 1.165) is 6.92 Å². The van der Waals surface area contributed by atoms with Gasteiger partial charge < -0.3 is 15.7 Å². The minimum atomic E-state index is -3.55. The number of carboxylic acid groups (broad SMARTS) is 1. The molecule has 0 aliphatic heterocycles. The Labute approximate surface area is 129 Å². The molecule has 0 aliphatic rings. The van der Waals surface area contributed by atoms with Crippen LogP contribution in [-0.2, 0) is 20.9 Å². The average Bonchev–Trinajstić information content (AvgIpc) is 2.63. The average molecular weight is 287 g/mol. The second-order valence-electron chi connectivity index (χ2n) is 3.57. The molecule has 0 fully saturated rings. The van der Waals surface area contributed by atoms with Gasteiger partial charge in [-0.3, -0.25) is 14.4 Å². The molecule has 0 saturated heterocycles. The smallest absolute Gasteiger partial charge is 0.303 e. The molecule has 3 N–H and O–H groups in total. The first kappa shape index (κ1) is 6.88. The Kier molecular flexibility index (Phi) is 2.73. The van der Waals surface area contributed by atoms with Gasteiger partial charge in [0.1, 0.15) is 6.04 Å². The Morgan fingerprint density at radius 2 is 1.95 bits per heavy atom. The molecule has 0 saturated carbocycles. The summed E-state index contributed by atoms with van der Waals surface area (Å²) in [6, 6.07) is -4.29. The van der Waals surface area contributed by atoms with E-state index >= 15 is 0 Å². The first-order valence-corrected chi connectivity index (χ1v) is 5.45. The minimum absolute atomic E-state index is 0.208. The van der Waals surface area contributed by atoms with Gasteiger partial charge >= 0.3 is 5.97 Å². The molecule has 2 amide bonds. The molecule has 0 aromatic heterocycles. The molecule has 0 unspecified atom stereocenters. The lowest BCUT2D eigenvalue weighted by atomic mass is 10.2. The SMILES string of the molecule is [2H]c1c([2H])c([2H])c(CNC(=O)[C@H](C)NC(=O)C([2H])([2H])C([2H])([2H])C(=O)O)c([2H])c1[2H]. The van der Waals surface area contributed by atoms with Crippen molar-refractivity contribution in [3.63, 3.8) is 0 Å². The molecular weight excluding hydrogens is 260 g/mol. The van der Waals surface area contributed by atoms with Crippen LogP contribution in [0.2, 0.25) is 0 Å². The van der Waals surface area contributed by atoms with Crippen LogP contribution in [0.15, 0.2) is 30.2 Å². The molecule has 1 rings (SSSR count). The van der Waals surface area contributed by atoms with E-state index in [1.165, 1.54) is 0 Å². The van der Waals surface area contributed by atoms with E-state index in [1.54, 1.807) is 0 Å². The maximum absolute atomic E-state index is 12.1. The zero-order valence-electron chi connectivity index (χ0n) is 19.5. The molecule has 0 aliphatic carbocycles. The fraction of sp³-hybridized carbons (Fsp3) is 0.357. The summed E-state index contributed by atoms with van der Waals surface area (Å²) < 4.78 is 67.4. The van der Waals surface area contributed by atoms with E-state index in [2.05, 4.69) is 5.32 Å². The third-order valence-electron chi connectivity index (χ3n) is 2.02. The summed E-state index contributed by atoms with van der Waals surface area (Å²) in [5.74, 6) is -4.80. The highest BCUT2D eigenvalue weighted by atomic mass is 16.4. The fourth-order valence-electron chi connectivity index (χ4n) is 1.10. The van der Waals surface area contributed by atoms with E-state index in [0.29, 0.717) is 0 Å². The van der Waals surface area contributed by atoms with Crippen LogP contribution in [0.4, 0.5) is 0 Å². The van der Waals surface area contributed by atoms with Crippen LogP contribution in [-0.4, -0.2) is 28.9 Å². The lowest BCUT2D eigenvalue weighted by Crippen LogP contribution is -2.44. The first-order chi connectivity index (χ1) is 13.1. The zero-order valence-corrected chi connectivity index (χ0v) is 10.5. The van der Waals surface area contributed by atoms with Crippen LogP contribution in [0.3, 0.4) is 0 Å². The summed E-state index contributed by atoms with van der Waals surface area (Å²) in [5, 5.41) is 12.8. The number of aliphatic carboxylic acids is 1. The summed E-state index contributed by atoms with van der Waals surface area (Å²) >= 11 is 0. The number of nitrogens with one attached hydrogen (secondary N) is 2. The third-order valence-corrected chi connectivity index (χ3v) is 2.02. The second kappa shape index (κ2) is 7.93. The Balaban J connectivity index is 2.90. The predicted molar refractivity (Wildman–Crippen MR) is 72.8 cm³/mol. The number of amides is 2. The lowest BCUT2D eigenvalue weighted by Gasteiger charge is -2.13. The van der Waals surface area contributed by atoms with Crippen LogP contribution >= 0.6 is 0 Å². The normalized spacial score (nSPS) is 19.4.